The van der Waals surface area contributed by atoms with Gasteiger partial charge in [-0.25, -0.2) is 4.39 Å². The third kappa shape index (κ3) is 3.88. The van der Waals surface area contributed by atoms with E-state index >= 15 is 0 Å². The summed E-state index contributed by atoms with van der Waals surface area (Å²) in [7, 11) is 0. The first-order chi connectivity index (χ1) is 13.1. The maximum atomic E-state index is 13.0. The Morgan fingerprint density at radius 3 is 2.74 bits per heavy atom. The molecule has 0 fully saturated rings. The summed E-state index contributed by atoms with van der Waals surface area (Å²) >= 11 is 6.26. The molecule has 4 nitrogen and oxygen atoms in total. The highest BCUT2D eigenvalue weighted by atomic mass is 35.5. The van der Waals surface area contributed by atoms with Crippen LogP contribution in [0.5, 0.6) is 0 Å². The van der Waals surface area contributed by atoms with Crippen LogP contribution in [0, 0.1) is 5.82 Å². The van der Waals surface area contributed by atoms with Crippen LogP contribution in [0.25, 0.3) is 11.3 Å². The third-order valence-electron chi connectivity index (χ3n) is 4.74. The lowest BCUT2D eigenvalue weighted by Gasteiger charge is -2.11. The molecule has 0 atom stereocenters. The number of fused-ring (bicyclic) bond motifs is 1. The summed E-state index contributed by atoms with van der Waals surface area (Å²) in [6, 6.07) is 11.3. The van der Waals surface area contributed by atoms with Gasteiger partial charge in [0.15, 0.2) is 5.76 Å². The van der Waals surface area contributed by atoms with Gasteiger partial charge >= 0.3 is 0 Å². The van der Waals surface area contributed by atoms with Crippen molar-refractivity contribution in [3.8, 4) is 11.3 Å². The molecule has 2 aromatic carbocycles. The van der Waals surface area contributed by atoms with Crippen LogP contribution in [0.4, 0.5) is 10.1 Å². The van der Waals surface area contributed by atoms with Crippen molar-refractivity contribution < 1.29 is 13.7 Å². The first-order valence-electron chi connectivity index (χ1n) is 8.92. The minimum Gasteiger partial charge on any atom is -0.356 e. The van der Waals surface area contributed by atoms with Crippen LogP contribution in [-0.4, -0.2) is 11.1 Å². The summed E-state index contributed by atoms with van der Waals surface area (Å²) in [5.41, 5.74) is 4.25. The van der Waals surface area contributed by atoms with Crippen LogP contribution in [0.15, 0.2) is 47.0 Å². The van der Waals surface area contributed by atoms with E-state index in [-0.39, 0.29) is 18.1 Å². The molecule has 138 valence electrons. The molecule has 0 saturated carbocycles. The fourth-order valence-electron chi connectivity index (χ4n) is 3.36. The van der Waals surface area contributed by atoms with E-state index < -0.39 is 0 Å². The summed E-state index contributed by atoms with van der Waals surface area (Å²) in [5.74, 6) is 0.195. The van der Waals surface area contributed by atoms with Gasteiger partial charge in [0.2, 0.25) is 5.91 Å². The van der Waals surface area contributed by atoms with Crippen molar-refractivity contribution in [2.75, 3.05) is 5.32 Å². The monoisotopic (exact) mass is 384 g/mol. The number of benzene rings is 2. The normalized spacial score (nSPS) is 13.3. The first kappa shape index (κ1) is 17.7. The number of aryl methyl sites for hydroxylation is 1. The molecule has 0 unspecified atom stereocenters. The minimum absolute atomic E-state index is 0.137. The van der Waals surface area contributed by atoms with Crippen LogP contribution < -0.4 is 5.32 Å². The largest absolute Gasteiger partial charge is 0.356 e. The van der Waals surface area contributed by atoms with Crippen molar-refractivity contribution >= 4 is 23.2 Å². The highest BCUT2D eigenvalue weighted by molar-refractivity contribution is 6.33. The SMILES string of the molecule is O=C(Cc1ccc(F)cc1)Nc1cc(-c2onc3c2CCCC3)ccc1Cl. The summed E-state index contributed by atoms with van der Waals surface area (Å²) in [6.45, 7) is 0. The molecule has 1 aliphatic carbocycles. The second kappa shape index (κ2) is 7.53. The summed E-state index contributed by atoms with van der Waals surface area (Å²) in [5, 5.41) is 7.46. The van der Waals surface area contributed by atoms with Gasteiger partial charge in [0.25, 0.3) is 0 Å². The van der Waals surface area contributed by atoms with Gasteiger partial charge in [0.1, 0.15) is 5.82 Å². The molecule has 3 aromatic rings. The zero-order valence-electron chi connectivity index (χ0n) is 14.6. The van der Waals surface area contributed by atoms with E-state index in [2.05, 4.69) is 10.5 Å². The van der Waals surface area contributed by atoms with Gasteiger partial charge in [0.05, 0.1) is 22.8 Å². The van der Waals surface area contributed by atoms with Crippen molar-refractivity contribution in [3.05, 3.63) is 70.1 Å². The number of rotatable bonds is 4. The number of hydrogen-bond acceptors (Lipinski definition) is 3. The lowest BCUT2D eigenvalue weighted by molar-refractivity contribution is -0.115. The number of halogens is 2. The van der Waals surface area contributed by atoms with E-state index in [0.29, 0.717) is 10.7 Å². The number of amides is 1. The zero-order chi connectivity index (χ0) is 18.8. The molecular weight excluding hydrogens is 367 g/mol. The van der Waals surface area contributed by atoms with Gasteiger partial charge in [-0.15, -0.1) is 0 Å². The number of carbonyl (C=O) groups is 1. The van der Waals surface area contributed by atoms with E-state index in [0.717, 1.165) is 53.8 Å². The minimum atomic E-state index is -0.328. The number of nitrogens with one attached hydrogen (secondary N) is 1. The number of carbonyl (C=O) groups excluding carboxylic acids is 1. The van der Waals surface area contributed by atoms with E-state index in [1.165, 1.54) is 12.1 Å². The molecule has 27 heavy (non-hydrogen) atoms. The van der Waals surface area contributed by atoms with Crippen LogP contribution in [0.2, 0.25) is 5.02 Å². The Balaban J connectivity index is 1.55. The molecule has 1 amide bonds. The van der Waals surface area contributed by atoms with E-state index in [9.17, 15) is 9.18 Å². The second-order valence-electron chi connectivity index (χ2n) is 6.69. The van der Waals surface area contributed by atoms with Crippen LogP contribution >= 0.6 is 11.6 Å². The maximum Gasteiger partial charge on any atom is 0.228 e. The molecule has 0 radical (unpaired) electrons. The number of anilines is 1. The molecule has 0 bridgehead atoms. The standard InChI is InChI=1S/C21H18ClFN2O2/c22-17-10-7-14(21-16-3-1-2-4-18(16)25-27-21)12-19(17)24-20(26)11-13-5-8-15(23)9-6-13/h5-10,12H,1-4,11H2,(H,24,26). The highest BCUT2D eigenvalue weighted by Gasteiger charge is 2.21. The lowest BCUT2D eigenvalue weighted by Crippen LogP contribution is -2.14. The number of aromatic nitrogens is 1. The molecule has 0 saturated heterocycles. The van der Waals surface area contributed by atoms with Gasteiger partial charge in [0, 0.05) is 11.1 Å². The second-order valence-corrected chi connectivity index (χ2v) is 7.10. The van der Waals surface area contributed by atoms with Crippen LogP contribution in [0.3, 0.4) is 0 Å². The molecule has 1 heterocycles. The van der Waals surface area contributed by atoms with Gasteiger partial charge < -0.3 is 9.84 Å². The molecule has 6 heteroatoms. The Hall–Kier alpha value is -2.66. The fraction of sp³-hybridized carbons (Fsp3) is 0.238. The van der Waals surface area contributed by atoms with Crippen LogP contribution in [-0.2, 0) is 24.1 Å². The predicted molar refractivity (Wildman–Crippen MR) is 102 cm³/mol. The lowest BCUT2D eigenvalue weighted by atomic mass is 9.94. The Labute approximate surface area is 161 Å². The van der Waals surface area contributed by atoms with Crippen molar-refractivity contribution in [2.45, 2.75) is 32.1 Å². The Morgan fingerprint density at radius 2 is 1.93 bits per heavy atom. The molecule has 0 aliphatic heterocycles. The van der Waals surface area contributed by atoms with Crippen molar-refractivity contribution in [2.24, 2.45) is 0 Å². The van der Waals surface area contributed by atoms with E-state index in [1.54, 1.807) is 24.3 Å². The highest BCUT2D eigenvalue weighted by Crippen LogP contribution is 2.34. The third-order valence-corrected chi connectivity index (χ3v) is 5.07. The molecule has 1 aromatic heterocycles. The smallest absolute Gasteiger partial charge is 0.228 e. The molecule has 4 rings (SSSR count). The molecule has 0 spiro atoms. The van der Waals surface area contributed by atoms with Gasteiger partial charge in [-0.2, -0.15) is 0 Å². The van der Waals surface area contributed by atoms with Gasteiger partial charge in [-0.3, -0.25) is 4.79 Å². The summed E-state index contributed by atoms with van der Waals surface area (Å²) in [6.07, 6.45) is 4.27. The van der Waals surface area contributed by atoms with Crippen molar-refractivity contribution in [3.63, 3.8) is 0 Å². The van der Waals surface area contributed by atoms with Gasteiger partial charge in [-0.1, -0.05) is 28.9 Å². The zero-order valence-corrected chi connectivity index (χ0v) is 15.4. The number of hydrogen-bond donors (Lipinski definition) is 1. The molecular formula is C21H18ClFN2O2. The maximum absolute atomic E-state index is 13.0. The number of nitrogens with zero attached hydrogens (tertiary/aromatic N) is 1. The predicted octanol–water partition coefficient (Wildman–Crippen LogP) is 5.19. The average molecular weight is 385 g/mol. The van der Waals surface area contributed by atoms with Crippen LogP contribution in [0.1, 0.15) is 29.7 Å². The summed E-state index contributed by atoms with van der Waals surface area (Å²) < 4.78 is 18.6. The Kier molecular flexibility index (Phi) is 4.94. The fourth-order valence-corrected chi connectivity index (χ4v) is 3.53. The molecule has 1 N–H and O–H groups in total. The quantitative estimate of drug-likeness (QED) is 0.673. The van der Waals surface area contributed by atoms with Crippen molar-refractivity contribution in [1.82, 2.24) is 5.16 Å². The molecule has 1 aliphatic rings. The van der Waals surface area contributed by atoms with E-state index in [1.807, 2.05) is 6.07 Å². The summed E-state index contributed by atoms with van der Waals surface area (Å²) in [4.78, 5) is 12.4. The topological polar surface area (TPSA) is 55.1 Å². The Bertz CT molecular complexity index is 982. The average Bonchev–Trinajstić information content (AvgIpc) is 3.10. The van der Waals surface area contributed by atoms with E-state index in [4.69, 9.17) is 16.1 Å². The Morgan fingerprint density at radius 1 is 1.15 bits per heavy atom. The van der Waals surface area contributed by atoms with Gasteiger partial charge in [-0.05, 0) is 61.6 Å². The van der Waals surface area contributed by atoms with Crippen molar-refractivity contribution in [1.29, 1.82) is 0 Å². The first-order valence-corrected chi connectivity index (χ1v) is 9.29.